The summed E-state index contributed by atoms with van der Waals surface area (Å²) in [5, 5.41) is 7.00. The van der Waals surface area contributed by atoms with Crippen molar-refractivity contribution in [1.29, 1.82) is 0 Å². The number of nitrogens with one attached hydrogen (secondary N) is 1. The molecule has 0 unspecified atom stereocenters. The number of rotatable bonds is 6. The van der Waals surface area contributed by atoms with Crippen molar-refractivity contribution in [2.24, 2.45) is 0 Å². The first-order valence-corrected chi connectivity index (χ1v) is 5.79. The van der Waals surface area contributed by atoms with Gasteiger partial charge in [-0.25, -0.2) is 4.98 Å². The van der Waals surface area contributed by atoms with E-state index in [0.29, 0.717) is 12.4 Å². The van der Waals surface area contributed by atoms with Crippen LogP contribution in [0, 0.1) is 0 Å². The molecule has 0 aromatic carbocycles. The van der Waals surface area contributed by atoms with Gasteiger partial charge in [0.05, 0.1) is 6.54 Å². The van der Waals surface area contributed by atoms with Crippen LogP contribution in [0.25, 0.3) is 0 Å². The number of hydrogen-bond donors (Lipinski definition) is 1. The maximum Gasteiger partial charge on any atom is 0.246 e. The normalized spacial score (nSPS) is 10.9. The molecule has 0 aliphatic heterocycles. The van der Waals surface area contributed by atoms with Gasteiger partial charge in [0.25, 0.3) is 0 Å². The van der Waals surface area contributed by atoms with Crippen LogP contribution >= 0.6 is 0 Å². The summed E-state index contributed by atoms with van der Waals surface area (Å²) in [4.78, 5) is 8.59. The average molecular weight is 235 g/mol. The predicted octanol–water partition coefficient (Wildman–Crippen LogP) is 0.986. The molecule has 0 saturated carbocycles. The van der Waals surface area contributed by atoms with Gasteiger partial charge in [-0.3, -0.25) is 0 Å². The standard InChI is InChI=1S/C11H17N5O/c1-3-4-9-14-11(17-15-9)8-16-6-5-13-10(16)7-12-2/h5-6,12H,3-4,7-8H2,1-2H3. The quantitative estimate of drug-likeness (QED) is 0.808. The van der Waals surface area contributed by atoms with E-state index < -0.39 is 0 Å². The van der Waals surface area contributed by atoms with Crippen LogP contribution in [0.4, 0.5) is 0 Å². The first-order chi connectivity index (χ1) is 8.33. The van der Waals surface area contributed by atoms with E-state index in [-0.39, 0.29) is 0 Å². The van der Waals surface area contributed by atoms with Gasteiger partial charge in [-0.05, 0) is 13.5 Å². The molecule has 6 nitrogen and oxygen atoms in total. The lowest BCUT2D eigenvalue weighted by atomic mass is 10.3. The molecule has 17 heavy (non-hydrogen) atoms. The zero-order chi connectivity index (χ0) is 12.1. The number of nitrogens with zero attached hydrogens (tertiary/aromatic N) is 4. The second-order valence-electron chi connectivity index (χ2n) is 3.86. The van der Waals surface area contributed by atoms with Crippen LogP contribution in [0.2, 0.25) is 0 Å². The number of imidazole rings is 1. The summed E-state index contributed by atoms with van der Waals surface area (Å²) in [5.74, 6) is 2.37. The Morgan fingerprint density at radius 1 is 1.47 bits per heavy atom. The molecule has 2 rings (SSSR count). The number of aryl methyl sites for hydroxylation is 1. The van der Waals surface area contributed by atoms with Crippen molar-refractivity contribution >= 4 is 0 Å². The van der Waals surface area contributed by atoms with Crippen molar-refractivity contribution in [2.45, 2.75) is 32.9 Å². The Morgan fingerprint density at radius 3 is 3.12 bits per heavy atom. The molecule has 0 spiro atoms. The minimum Gasteiger partial charge on any atom is -0.337 e. The molecular weight excluding hydrogens is 218 g/mol. The van der Waals surface area contributed by atoms with E-state index in [1.165, 1.54) is 0 Å². The molecule has 0 fully saturated rings. The summed E-state index contributed by atoms with van der Waals surface area (Å²) >= 11 is 0. The fraction of sp³-hybridized carbons (Fsp3) is 0.545. The SMILES string of the molecule is CCCc1noc(Cn2ccnc2CNC)n1. The summed E-state index contributed by atoms with van der Waals surface area (Å²) < 4.78 is 7.19. The molecule has 92 valence electrons. The Hall–Kier alpha value is -1.69. The van der Waals surface area contributed by atoms with Gasteiger partial charge in [0, 0.05) is 18.8 Å². The summed E-state index contributed by atoms with van der Waals surface area (Å²) in [5.41, 5.74) is 0. The van der Waals surface area contributed by atoms with Gasteiger partial charge in [-0.15, -0.1) is 0 Å². The lowest BCUT2D eigenvalue weighted by Gasteiger charge is -2.03. The van der Waals surface area contributed by atoms with Crippen LogP contribution in [0.5, 0.6) is 0 Å². The van der Waals surface area contributed by atoms with Crippen LogP contribution in [0.1, 0.15) is 30.9 Å². The summed E-state index contributed by atoms with van der Waals surface area (Å²) in [6.45, 7) is 3.40. The monoisotopic (exact) mass is 235 g/mol. The van der Waals surface area contributed by atoms with E-state index in [1.54, 1.807) is 6.20 Å². The second kappa shape index (κ2) is 5.58. The molecule has 2 aromatic heterocycles. The van der Waals surface area contributed by atoms with E-state index in [4.69, 9.17) is 4.52 Å². The Bertz CT molecular complexity index is 462. The lowest BCUT2D eigenvalue weighted by Crippen LogP contribution is -2.12. The van der Waals surface area contributed by atoms with Gasteiger partial charge in [0.2, 0.25) is 5.89 Å². The van der Waals surface area contributed by atoms with Gasteiger partial charge in [0.1, 0.15) is 12.4 Å². The Labute approximate surface area is 100 Å². The highest BCUT2D eigenvalue weighted by Crippen LogP contribution is 2.05. The highest BCUT2D eigenvalue weighted by molar-refractivity contribution is 4.96. The summed E-state index contributed by atoms with van der Waals surface area (Å²) in [6.07, 6.45) is 5.57. The fourth-order valence-electron chi connectivity index (χ4n) is 1.63. The molecule has 0 aliphatic rings. The van der Waals surface area contributed by atoms with Gasteiger partial charge < -0.3 is 14.4 Å². The first kappa shape index (κ1) is 11.8. The zero-order valence-corrected chi connectivity index (χ0v) is 10.2. The molecule has 0 radical (unpaired) electrons. The van der Waals surface area contributed by atoms with Crippen LogP contribution in [0.15, 0.2) is 16.9 Å². The molecule has 0 aliphatic carbocycles. The van der Waals surface area contributed by atoms with Crippen LogP contribution < -0.4 is 5.32 Å². The molecule has 0 amide bonds. The second-order valence-corrected chi connectivity index (χ2v) is 3.86. The average Bonchev–Trinajstić information content (AvgIpc) is 2.91. The van der Waals surface area contributed by atoms with Crippen LogP contribution in [-0.2, 0) is 19.5 Å². The molecule has 6 heteroatoms. The Balaban J connectivity index is 2.05. The van der Waals surface area contributed by atoms with Crippen LogP contribution in [-0.4, -0.2) is 26.7 Å². The summed E-state index contributed by atoms with van der Waals surface area (Å²) in [7, 11) is 1.89. The van der Waals surface area contributed by atoms with Crippen molar-refractivity contribution in [3.63, 3.8) is 0 Å². The van der Waals surface area contributed by atoms with E-state index in [1.807, 2.05) is 17.8 Å². The topological polar surface area (TPSA) is 68.8 Å². The molecule has 2 heterocycles. The molecule has 1 N–H and O–H groups in total. The highest BCUT2D eigenvalue weighted by atomic mass is 16.5. The third-order valence-corrected chi connectivity index (χ3v) is 2.43. The van der Waals surface area contributed by atoms with E-state index >= 15 is 0 Å². The third-order valence-electron chi connectivity index (χ3n) is 2.43. The smallest absolute Gasteiger partial charge is 0.246 e. The Morgan fingerprint density at radius 2 is 2.35 bits per heavy atom. The minimum absolute atomic E-state index is 0.577. The minimum atomic E-state index is 0.577. The number of hydrogen-bond acceptors (Lipinski definition) is 5. The third kappa shape index (κ3) is 2.91. The molecule has 0 bridgehead atoms. The van der Waals surface area contributed by atoms with Crippen molar-refractivity contribution in [3.8, 4) is 0 Å². The van der Waals surface area contributed by atoms with E-state index in [0.717, 1.165) is 31.0 Å². The predicted molar refractivity (Wildman–Crippen MR) is 62.4 cm³/mol. The largest absolute Gasteiger partial charge is 0.337 e. The number of aromatic nitrogens is 4. The van der Waals surface area contributed by atoms with E-state index in [2.05, 4.69) is 27.4 Å². The van der Waals surface area contributed by atoms with Crippen LogP contribution in [0.3, 0.4) is 0 Å². The summed E-state index contributed by atoms with van der Waals surface area (Å²) in [6, 6.07) is 0. The molecule has 2 aromatic rings. The van der Waals surface area contributed by atoms with Gasteiger partial charge in [0.15, 0.2) is 5.82 Å². The molecular formula is C11H17N5O. The van der Waals surface area contributed by atoms with Gasteiger partial charge in [-0.2, -0.15) is 4.98 Å². The zero-order valence-electron chi connectivity index (χ0n) is 10.2. The molecule has 0 atom stereocenters. The maximum absolute atomic E-state index is 5.19. The lowest BCUT2D eigenvalue weighted by molar-refractivity contribution is 0.364. The van der Waals surface area contributed by atoms with Gasteiger partial charge in [-0.1, -0.05) is 12.1 Å². The highest BCUT2D eigenvalue weighted by Gasteiger charge is 2.08. The van der Waals surface area contributed by atoms with Crippen molar-refractivity contribution in [1.82, 2.24) is 25.0 Å². The van der Waals surface area contributed by atoms with Gasteiger partial charge >= 0.3 is 0 Å². The first-order valence-electron chi connectivity index (χ1n) is 5.79. The maximum atomic E-state index is 5.19. The molecule has 0 saturated heterocycles. The Kier molecular flexibility index (Phi) is 3.87. The van der Waals surface area contributed by atoms with Crippen molar-refractivity contribution < 1.29 is 4.52 Å². The fourth-order valence-corrected chi connectivity index (χ4v) is 1.63. The van der Waals surface area contributed by atoms with E-state index in [9.17, 15) is 0 Å². The van der Waals surface area contributed by atoms with Crippen molar-refractivity contribution in [2.75, 3.05) is 7.05 Å². The van der Waals surface area contributed by atoms with Crippen molar-refractivity contribution in [3.05, 3.63) is 29.9 Å².